The first kappa shape index (κ1) is 12.6. The Labute approximate surface area is 106 Å². The number of aromatic carboxylic acids is 2. The highest BCUT2D eigenvalue weighted by molar-refractivity contribution is 5.99. The molecule has 2 rings (SSSR count). The molecule has 0 saturated heterocycles. The molecule has 19 heavy (non-hydrogen) atoms. The lowest BCUT2D eigenvalue weighted by atomic mass is 10.2. The largest absolute Gasteiger partial charge is 0.497 e. The van der Waals surface area contributed by atoms with E-state index in [1.54, 1.807) is 24.3 Å². The summed E-state index contributed by atoms with van der Waals surface area (Å²) in [5, 5.41) is 24.8. The summed E-state index contributed by atoms with van der Waals surface area (Å²) in [4.78, 5) is 22.0. The minimum absolute atomic E-state index is 0.373. The molecule has 0 aliphatic carbocycles. The van der Waals surface area contributed by atoms with Gasteiger partial charge in [0.2, 0.25) is 5.69 Å². The Bertz CT molecular complexity index is 632. The van der Waals surface area contributed by atoms with Gasteiger partial charge < -0.3 is 14.9 Å². The van der Waals surface area contributed by atoms with Crippen LogP contribution in [0.25, 0.3) is 5.69 Å². The molecule has 1 aromatic carbocycles. The van der Waals surface area contributed by atoms with Gasteiger partial charge in [0, 0.05) is 0 Å². The normalized spacial score (nSPS) is 10.2. The van der Waals surface area contributed by atoms with E-state index in [9.17, 15) is 9.59 Å². The van der Waals surface area contributed by atoms with Crippen molar-refractivity contribution in [2.24, 2.45) is 0 Å². The monoisotopic (exact) mass is 263 g/mol. The van der Waals surface area contributed by atoms with Gasteiger partial charge in [-0.25, -0.2) is 14.3 Å². The number of carboxylic acid groups (broad SMARTS) is 2. The summed E-state index contributed by atoms with van der Waals surface area (Å²) < 4.78 is 5.92. The number of rotatable bonds is 4. The molecule has 0 radical (unpaired) electrons. The molecule has 8 heteroatoms. The SMILES string of the molecule is COc1ccc(-n2nnc(C(=O)O)c2C(=O)O)cc1. The molecule has 1 heterocycles. The van der Waals surface area contributed by atoms with E-state index in [-0.39, 0.29) is 0 Å². The average Bonchev–Trinajstić information content (AvgIpc) is 2.83. The number of ether oxygens (including phenoxy) is 1. The van der Waals surface area contributed by atoms with Gasteiger partial charge in [-0.1, -0.05) is 5.21 Å². The van der Waals surface area contributed by atoms with Crippen molar-refractivity contribution in [1.29, 1.82) is 0 Å². The standard InChI is InChI=1S/C11H9N3O5/c1-19-7-4-2-6(3-5-7)14-9(11(17)18)8(10(15)16)12-13-14/h2-5H,1H3,(H,15,16)(H,17,18). The summed E-state index contributed by atoms with van der Waals surface area (Å²) in [6.07, 6.45) is 0. The van der Waals surface area contributed by atoms with E-state index in [0.717, 1.165) is 4.68 Å². The molecule has 0 atom stereocenters. The van der Waals surface area contributed by atoms with Crippen molar-refractivity contribution in [3.63, 3.8) is 0 Å². The topological polar surface area (TPSA) is 115 Å². The summed E-state index contributed by atoms with van der Waals surface area (Å²) in [6.45, 7) is 0. The van der Waals surface area contributed by atoms with Crippen LogP contribution >= 0.6 is 0 Å². The molecule has 0 amide bonds. The lowest BCUT2D eigenvalue weighted by Gasteiger charge is -2.04. The number of benzene rings is 1. The molecular weight excluding hydrogens is 254 g/mol. The Morgan fingerprint density at radius 2 is 1.79 bits per heavy atom. The predicted octanol–water partition coefficient (Wildman–Crippen LogP) is 0.672. The van der Waals surface area contributed by atoms with E-state index < -0.39 is 23.3 Å². The molecule has 0 spiro atoms. The molecule has 0 aliphatic rings. The van der Waals surface area contributed by atoms with Crippen molar-refractivity contribution < 1.29 is 24.5 Å². The zero-order valence-electron chi connectivity index (χ0n) is 9.77. The highest BCUT2D eigenvalue weighted by atomic mass is 16.5. The van der Waals surface area contributed by atoms with Crippen molar-refractivity contribution in [2.45, 2.75) is 0 Å². The Kier molecular flexibility index (Phi) is 3.15. The molecule has 2 N–H and O–H groups in total. The number of carbonyl (C=O) groups is 2. The third kappa shape index (κ3) is 2.23. The third-order valence-corrected chi connectivity index (χ3v) is 2.39. The molecule has 0 aliphatic heterocycles. The number of hydrogen-bond acceptors (Lipinski definition) is 5. The van der Waals surface area contributed by atoms with E-state index in [1.807, 2.05) is 0 Å². The fourth-order valence-electron chi connectivity index (χ4n) is 1.52. The van der Waals surface area contributed by atoms with Gasteiger partial charge in [0.25, 0.3) is 0 Å². The maximum atomic E-state index is 11.1. The smallest absolute Gasteiger partial charge is 0.359 e. The second-order valence-electron chi connectivity index (χ2n) is 3.51. The summed E-state index contributed by atoms with van der Waals surface area (Å²) in [7, 11) is 1.50. The molecule has 2 aromatic rings. The fraction of sp³-hybridized carbons (Fsp3) is 0.0909. The lowest BCUT2D eigenvalue weighted by molar-refractivity contribution is 0.0642. The zero-order valence-corrected chi connectivity index (χ0v) is 9.77. The molecule has 0 saturated carbocycles. The first-order valence-electron chi connectivity index (χ1n) is 5.11. The quantitative estimate of drug-likeness (QED) is 0.833. The predicted molar refractivity (Wildman–Crippen MR) is 61.8 cm³/mol. The number of methoxy groups -OCH3 is 1. The van der Waals surface area contributed by atoms with Crippen LogP contribution in [0, 0.1) is 0 Å². The zero-order chi connectivity index (χ0) is 14.0. The number of nitrogens with zero attached hydrogens (tertiary/aromatic N) is 3. The second-order valence-corrected chi connectivity index (χ2v) is 3.51. The maximum Gasteiger partial charge on any atom is 0.359 e. The summed E-state index contributed by atoms with van der Waals surface area (Å²) in [6, 6.07) is 6.29. The highest BCUT2D eigenvalue weighted by Gasteiger charge is 2.25. The number of hydrogen-bond donors (Lipinski definition) is 2. The van der Waals surface area contributed by atoms with Gasteiger partial charge in [-0.3, -0.25) is 0 Å². The minimum Gasteiger partial charge on any atom is -0.497 e. The molecule has 98 valence electrons. The molecule has 0 unspecified atom stereocenters. The van der Waals surface area contributed by atoms with Gasteiger partial charge in [-0.2, -0.15) is 0 Å². The van der Waals surface area contributed by atoms with Gasteiger partial charge in [0.05, 0.1) is 12.8 Å². The van der Waals surface area contributed by atoms with Crippen LogP contribution in [0.4, 0.5) is 0 Å². The summed E-state index contributed by atoms with van der Waals surface area (Å²) in [5.74, 6) is -2.28. The van der Waals surface area contributed by atoms with Crippen molar-refractivity contribution in [2.75, 3.05) is 7.11 Å². The van der Waals surface area contributed by atoms with Gasteiger partial charge in [-0.05, 0) is 24.3 Å². The van der Waals surface area contributed by atoms with Crippen molar-refractivity contribution in [3.8, 4) is 11.4 Å². The van der Waals surface area contributed by atoms with Gasteiger partial charge >= 0.3 is 11.9 Å². The van der Waals surface area contributed by atoms with E-state index in [4.69, 9.17) is 14.9 Å². The van der Waals surface area contributed by atoms with Crippen LogP contribution in [0.15, 0.2) is 24.3 Å². The summed E-state index contributed by atoms with van der Waals surface area (Å²) in [5.41, 5.74) is -0.737. The van der Waals surface area contributed by atoms with Gasteiger partial charge in [0.1, 0.15) is 5.75 Å². The maximum absolute atomic E-state index is 11.1. The molecular formula is C11H9N3O5. The third-order valence-electron chi connectivity index (χ3n) is 2.39. The highest BCUT2D eigenvalue weighted by Crippen LogP contribution is 2.17. The van der Waals surface area contributed by atoms with E-state index in [0.29, 0.717) is 11.4 Å². The minimum atomic E-state index is -1.45. The van der Waals surface area contributed by atoms with Crippen LogP contribution in [0.3, 0.4) is 0 Å². The molecule has 0 bridgehead atoms. The average molecular weight is 263 g/mol. The Hall–Kier alpha value is -2.90. The second kappa shape index (κ2) is 4.77. The van der Waals surface area contributed by atoms with E-state index >= 15 is 0 Å². The van der Waals surface area contributed by atoms with Crippen molar-refractivity contribution in [3.05, 3.63) is 35.7 Å². The van der Waals surface area contributed by atoms with E-state index in [1.165, 1.54) is 7.11 Å². The Morgan fingerprint density at radius 3 is 2.26 bits per heavy atom. The number of carboxylic acids is 2. The Balaban J connectivity index is 2.55. The first-order valence-corrected chi connectivity index (χ1v) is 5.11. The molecule has 8 nitrogen and oxygen atoms in total. The van der Waals surface area contributed by atoms with Crippen LogP contribution in [0.1, 0.15) is 21.0 Å². The van der Waals surface area contributed by atoms with Crippen molar-refractivity contribution >= 4 is 11.9 Å². The van der Waals surface area contributed by atoms with Gasteiger partial charge in [0.15, 0.2) is 5.69 Å². The lowest BCUT2D eigenvalue weighted by Crippen LogP contribution is -2.12. The number of aromatic nitrogens is 3. The van der Waals surface area contributed by atoms with Crippen LogP contribution in [0.5, 0.6) is 5.75 Å². The molecule has 1 aromatic heterocycles. The van der Waals surface area contributed by atoms with Crippen LogP contribution in [-0.4, -0.2) is 44.3 Å². The van der Waals surface area contributed by atoms with E-state index in [2.05, 4.69) is 10.3 Å². The Morgan fingerprint density at radius 1 is 1.16 bits per heavy atom. The summed E-state index contributed by atoms with van der Waals surface area (Å²) >= 11 is 0. The van der Waals surface area contributed by atoms with Crippen molar-refractivity contribution in [1.82, 2.24) is 15.0 Å². The molecule has 0 fully saturated rings. The first-order chi connectivity index (χ1) is 9.04. The fourth-order valence-corrected chi connectivity index (χ4v) is 1.52. The van der Waals surface area contributed by atoms with Crippen LogP contribution in [-0.2, 0) is 0 Å². The van der Waals surface area contributed by atoms with Crippen LogP contribution < -0.4 is 4.74 Å². The van der Waals surface area contributed by atoms with Gasteiger partial charge in [-0.15, -0.1) is 5.10 Å². The van der Waals surface area contributed by atoms with Crippen LogP contribution in [0.2, 0.25) is 0 Å².